The Hall–Kier alpha value is -0.610. The minimum absolute atomic E-state index is 0.221. The van der Waals surface area contributed by atoms with Gasteiger partial charge in [0.15, 0.2) is 6.54 Å². The fourth-order valence-corrected chi connectivity index (χ4v) is 2.41. The molecule has 4 heteroatoms. The van der Waals surface area contributed by atoms with Crippen molar-refractivity contribution < 1.29 is 14.4 Å². The van der Waals surface area contributed by atoms with Crippen LogP contribution in [0.25, 0.3) is 0 Å². The Balaban J connectivity index is 1.66. The molecule has 0 atom stereocenters. The van der Waals surface area contributed by atoms with E-state index < -0.39 is 0 Å². The van der Waals surface area contributed by atoms with E-state index in [1.807, 2.05) is 0 Å². The van der Waals surface area contributed by atoms with Gasteiger partial charge in [0.2, 0.25) is 0 Å². The summed E-state index contributed by atoms with van der Waals surface area (Å²) in [6.45, 7) is 4.16. The maximum absolute atomic E-state index is 11.7. The van der Waals surface area contributed by atoms with Crippen LogP contribution in [0.4, 0.5) is 0 Å². The minimum Gasteiger partial charge on any atom is -0.370 e. The lowest BCUT2D eigenvalue weighted by atomic mass is 10.2. The number of hydrogen-bond acceptors (Lipinski definition) is 2. The molecule has 1 heterocycles. The van der Waals surface area contributed by atoms with Crippen molar-refractivity contribution >= 4 is 5.91 Å². The quantitative estimate of drug-likeness (QED) is 0.629. The molecule has 2 aliphatic rings. The first kappa shape index (κ1) is 10.9. The maximum atomic E-state index is 11.7. The first-order valence-corrected chi connectivity index (χ1v) is 6.05. The minimum atomic E-state index is 0.221. The molecular formula is C11H21N2O2+. The summed E-state index contributed by atoms with van der Waals surface area (Å²) in [4.78, 5) is 13.1. The van der Waals surface area contributed by atoms with E-state index in [1.165, 1.54) is 30.6 Å². The van der Waals surface area contributed by atoms with Gasteiger partial charge in [-0.05, 0) is 12.8 Å². The summed E-state index contributed by atoms with van der Waals surface area (Å²) in [6, 6.07) is 0.456. The van der Waals surface area contributed by atoms with Crippen LogP contribution in [0.3, 0.4) is 0 Å². The van der Waals surface area contributed by atoms with E-state index in [-0.39, 0.29) is 5.91 Å². The SMILES string of the molecule is O=C(C[NH+]1CCOCC1)NC1CCCC1. The summed E-state index contributed by atoms with van der Waals surface area (Å²) >= 11 is 0. The molecule has 0 radical (unpaired) electrons. The topological polar surface area (TPSA) is 42.8 Å². The third-order valence-electron chi connectivity index (χ3n) is 3.33. The van der Waals surface area contributed by atoms with Gasteiger partial charge >= 0.3 is 0 Å². The molecule has 0 aromatic rings. The van der Waals surface area contributed by atoms with Gasteiger partial charge in [0, 0.05) is 6.04 Å². The molecule has 0 aromatic carbocycles. The van der Waals surface area contributed by atoms with Crippen LogP contribution in [-0.2, 0) is 9.53 Å². The van der Waals surface area contributed by atoms with E-state index in [4.69, 9.17) is 4.74 Å². The molecule has 1 saturated heterocycles. The standard InChI is InChI=1S/C11H20N2O2/c14-11(12-10-3-1-2-4-10)9-13-5-7-15-8-6-13/h10H,1-9H2,(H,12,14)/p+1. The Kier molecular flexibility index (Phi) is 3.97. The highest BCUT2D eigenvalue weighted by Gasteiger charge is 2.21. The monoisotopic (exact) mass is 213 g/mol. The van der Waals surface area contributed by atoms with Crippen molar-refractivity contribution in [3.63, 3.8) is 0 Å². The fraction of sp³-hybridized carbons (Fsp3) is 0.909. The maximum Gasteiger partial charge on any atom is 0.275 e. The van der Waals surface area contributed by atoms with Crippen LogP contribution in [0.5, 0.6) is 0 Å². The van der Waals surface area contributed by atoms with Crippen molar-refractivity contribution in [2.24, 2.45) is 0 Å². The largest absolute Gasteiger partial charge is 0.370 e. The molecule has 86 valence electrons. The van der Waals surface area contributed by atoms with Crippen LogP contribution in [0, 0.1) is 0 Å². The van der Waals surface area contributed by atoms with Gasteiger partial charge in [0.1, 0.15) is 13.1 Å². The number of rotatable bonds is 3. The predicted molar refractivity (Wildman–Crippen MR) is 56.8 cm³/mol. The summed E-state index contributed by atoms with van der Waals surface area (Å²) in [5, 5.41) is 3.13. The summed E-state index contributed by atoms with van der Waals surface area (Å²) in [6.07, 6.45) is 4.89. The Bertz CT molecular complexity index is 209. The highest BCUT2D eigenvalue weighted by molar-refractivity contribution is 5.77. The third kappa shape index (κ3) is 3.47. The van der Waals surface area contributed by atoms with Crippen molar-refractivity contribution in [1.29, 1.82) is 0 Å². The second-order valence-electron chi connectivity index (χ2n) is 4.59. The zero-order valence-corrected chi connectivity index (χ0v) is 9.26. The van der Waals surface area contributed by atoms with Crippen LogP contribution < -0.4 is 10.2 Å². The summed E-state index contributed by atoms with van der Waals surface area (Å²) in [5.41, 5.74) is 0. The highest BCUT2D eigenvalue weighted by atomic mass is 16.5. The molecule has 2 N–H and O–H groups in total. The summed E-state index contributed by atoms with van der Waals surface area (Å²) in [7, 11) is 0. The summed E-state index contributed by atoms with van der Waals surface area (Å²) < 4.78 is 5.26. The van der Waals surface area contributed by atoms with Gasteiger partial charge in [0.25, 0.3) is 5.91 Å². The molecular weight excluding hydrogens is 192 g/mol. The number of carbonyl (C=O) groups is 1. The molecule has 4 nitrogen and oxygen atoms in total. The number of amides is 1. The van der Waals surface area contributed by atoms with Gasteiger partial charge < -0.3 is 15.0 Å². The lowest BCUT2D eigenvalue weighted by molar-refractivity contribution is -0.900. The first-order chi connectivity index (χ1) is 7.34. The van der Waals surface area contributed by atoms with Gasteiger partial charge in [0.05, 0.1) is 13.2 Å². The van der Waals surface area contributed by atoms with Crippen molar-refractivity contribution in [1.82, 2.24) is 5.32 Å². The average molecular weight is 213 g/mol. The molecule has 1 saturated carbocycles. The van der Waals surface area contributed by atoms with E-state index >= 15 is 0 Å². The van der Waals surface area contributed by atoms with Crippen LogP contribution in [0.2, 0.25) is 0 Å². The summed E-state index contributed by atoms with van der Waals surface area (Å²) in [5.74, 6) is 0.221. The van der Waals surface area contributed by atoms with Crippen LogP contribution in [-0.4, -0.2) is 44.8 Å². The Morgan fingerprint density at radius 3 is 2.60 bits per heavy atom. The molecule has 0 unspecified atom stereocenters. The van der Waals surface area contributed by atoms with Gasteiger partial charge in [-0.25, -0.2) is 0 Å². The Morgan fingerprint density at radius 1 is 1.27 bits per heavy atom. The first-order valence-electron chi connectivity index (χ1n) is 6.05. The third-order valence-corrected chi connectivity index (χ3v) is 3.33. The smallest absolute Gasteiger partial charge is 0.275 e. The second kappa shape index (κ2) is 5.47. The molecule has 2 rings (SSSR count). The molecule has 1 aliphatic heterocycles. The molecule has 1 aliphatic carbocycles. The molecule has 2 fully saturated rings. The van der Waals surface area contributed by atoms with E-state index in [0.717, 1.165) is 26.3 Å². The van der Waals surface area contributed by atoms with Gasteiger partial charge in [-0.15, -0.1) is 0 Å². The molecule has 0 spiro atoms. The normalized spacial score (nSPS) is 24.3. The van der Waals surface area contributed by atoms with E-state index in [2.05, 4.69) is 5.32 Å². The number of hydrogen-bond donors (Lipinski definition) is 2. The number of morpholine rings is 1. The van der Waals surface area contributed by atoms with E-state index in [0.29, 0.717) is 12.6 Å². The van der Waals surface area contributed by atoms with Gasteiger partial charge in [-0.1, -0.05) is 12.8 Å². The predicted octanol–water partition coefficient (Wildman–Crippen LogP) is -1.04. The van der Waals surface area contributed by atoms with Crippen molar-refractivity contribution in [2.75, 3.05) is 32.8 Å². The van der Waals surface area contributed by atoms with Crippen LogP contribution in [0.1, 0.15) is 25.7 Å². The number of carbonyl (C=O) groups excluding carboxylic acids is 1. The fourth-order valence-electron chi connectivity index (χ4n) is 2.41. The average Bonchev–Trinajstić information content (AvgIpc) is 2.71. The molecule has 15 heavy (non-hydrogen) atoms. The number of ether oxygens (including phenoxy) is 1. The lowest BCUT2D eigenvalue weighted by Crippen LogP contribution is -3.15. The van der Waals surface area contributed by atoms with Crippen LogP contribution >= 0.6 is 0 Å². The van der Waals surface area contributed by atoms with E-state index in [1.54, 1.807) is 0 Å². The van der Waals surface area contributed by atoms with Crippen LogP contribution in [0.15, 0.2) is 0 Å². The zero-order valence-electron chi connectivity index (χ0n) is 9.26. The number of nitrogens with one attached hydrogen (secondary N) is 2. The van der Waals surface area contributed by atoms with Crippen molar-refractivity contribution in [3.8, 4) is 0 Å². The van der Waals surface area contributed by atoms with Gasteiger partial charge in [-0.3, -0.25) is 4.79 Å². The van der Waals surface area contributed by atoms with Gasteiger partial charge in [-0.2, -0.15) is 0 Å². The number of quaternary nitrogens is 1. The lowest BCUT2D eigenvalue weighted by Gasteiger charge is -2.23. The Labute approximate surface area is 91.0 Å². The highest BCUT2D eigenvalue weighted by Crippen LogP contribution is 2.17. The molecule has 0 bridgehead atoms. The van der Waals surface area contributed by atoms with Crippen molar-refractivity contribution in [2.45, 2.75) is 31.7 Å². The molecule has 1 amide bonds. The van der Waals surface area contributed by atoms with Crippen molar-refractivity contribution in [3.05, 3.63) is 0 Å². The zero-order chi connectivity index (χ0) is 10.5. The molecule has 0 aromatic heterocycles. The van der Waals surface area contributed by atoms with E-state index in [9.17, 15) is 4.79 Å². The second-order valence-corrected chi connectivity index (χ2v) is 4.59. The Morgan fingerprint density at radius 2 is 1.93 bits per heavy atom.